The molecule has 118 valence electrons. The lowest BCUT2D eigenvalue weighted by Gasteiger charge is -2.46. The summed E-state index contributed by atoms with van der Waals surface area (Å²) in [6.45, 7) is 5.39. The molecule has 4 nitrogen and oxygen atoms in total. The van der Waals surface area contributed by atoms with Gasteiger partial charge in [-0.15, -0.1) is 0 Å². The Morgan fingerprint density at radius 2 is 1.80 bits per heavy atom. The van der Waals surface area contributed by atoms with Crippen LogP contribution in [0.5, 0.6) is 0 Å². The van der Waals surface area contributed by atoms with Crippen molar-refractivity contribution < 1.29 is 8.42 Å². The summed E-state index contributed by atoms with van der Waals surface area (Å²) in [5, 5.41) is 0. The molecule has 2 fully saturated rings. The van der Waals surface area contributed by atoms with Crippen LogP contribution >= 0.6 is 0 Å². The van der Waals surface area contributed by atoms with Gasteiger partial charge in [0.25, 0.3) is 0 Å². The fourth-order valence-corrected chi connectivity index (χ4v) is 5.82. The van der Waals surface area contributed by atoms with Crippen molar-refractivity contribution in [2.45, 2.75) is 64.3 Å². The lowest BCUT2D eigenvalue weighted by Crippen LogP contribution is -2.58. The molecule has 0 unspecified atom stereocenters. The van der Waals surface area contributed by atoms with Crippen LogP contribution in [0, 0.1) is 11.8 Å². The smallest absolute Gasteiger partial charge is 0.214 e. The minimum atomic E-state index is -3.16. The Kier molecular flexibility index (Phi) is 5.14. The van der Waals surface area contributed by atoms with Gasteiger partial charge in [-0.3, -0.25) is 0 Å². The molecule has 5 heteroatoms. The van der Waals surface area contributed by atoms with Gasteiger partial charge in [0.15, 0.2) is 0 Å². The summed E-state index contributed by atoms with van der Waals surface area (Å²) in [6.07, 6.45) is 7.05. The predicted octanol–water partition coefficient (Wildman–Crippen LogP) is 2.35. The third kappa shape index (κ3) is 3.55. The molecule has 2 aliphatic carbocycles. The SMILES string of the molecule is CCCN(C1(CN)CCC(C)CC1)S(=O)(=O)CC1CC1. The number of hydrogen-bond acceptors (Lipinski definition) is 3. The van der Waals surface area contributed by atoms with Crippen molar-refractivity contribution in [2.24, 2.45) is 17.6 Å². The van der Waals surface area contributed by atoms with Gasteiger partial charge < -0.3 is 5.73 Å². The largest absolute Gasteiger partial charge is 0.329 e. The molecule has 0 atom stereocenters. The highest BCUT2D eigenvalue weighted by Crippen LogP contribution is 2.39. The minimum Gasteiger partial charge on any atom is -0.329 e. The van der Waals surface area contributed by atoms with Gasteiger partial charge in [0, 0.05) is 18.6 Å². The van der Waals surface area contributed by atoms with E-state index in [9.17, 15) is 8.42 Å². The van der Waals surface area contributed by atoms with Gasteiger partial charge in [-0.25, -0.2) is 8.42 Å². The van der Waals surface area contributed by atoms with Crippen molar-refractivity contribution >= 4 is 10.0 Å². The topological polar surface area (TPSA) is 63.4 Å². The van der Waals surface area contributed by atoms with Crippen LogP contribution in [-0.2, 0) is 10.0 Å². The first kappa shape index (κ1) is 16.2. The Bertz CT molecular complexity index is 410. The predicted molar refractivity (Wildman–Crippen MR) is 82.9 cm³/mol. The third-order valence-corrected chi connectivity index (χ3v) is 7.15. The van der Waals surface area contributed by atoms with Crippen LogP contribution in [0.15, 0.2) is 0 Å². The maximum absolute atomic E-state index is 12.8. The quantitative estimate of drug-likeness (QED) is 0.785. The zero-order valence-corrected chi connectivity index (χ0v) is 13.8. The van der Waals surface area contributed by atoms with Crippen LogP contribution in [0.25, 0.3) is 0 Å². The van der Waals surface area contributed by atoms with Gasteiger partial charge in [0.05, 0.1) is 5.75 Å². The van der Waals surface area contributed by atoms with Crippen molar-refractivity contribution in [2.75, 3.05) is 18.8 Å². The van der Waals surface area contributed by atoms with Gasteiger partial charge in [-0.05, 0) is 56.8 Å². The number of hydrogen-bond donors (Lipinski definition) is 1. The van der Waals surface area contributed by atoms with Gasteiger partial charge >= 0.3 is 0 Å². The highest BCUT2D eigenvalue weighted by molar-refractivity contribution is 7.89. The fraction of sp³-hybridized carbons (Fsp3) is 1.00. The molecule has 2 rings (SSSR count). The molecule has 0 aliphatic heterocycles. The van der Waals surface area contributed by atoms with E-state index in [-0.39, 0.29) is 5.54 Å². The minimum absolute atomic E-state index is 0.309. The van der Waals surface area contributed by atoms with E-state index >= 15 is 0 Å². The molecule has 2 saturated carbocycles. The van der Waals surface area contributed by atoms with E-state index in [1.807, 2.05) is 0 Å². The van der Waals surface area contributed by atoms with E-state index in [1.54, 1.807) is 4.31 Å². The molecule has 0 aromatic heterocycles. The van der Waals surface area contributed by atoms with Crippen molar-refractivity contribution in [3.63, 3.8) is 0 Å². The molecule has 2 N–H and O–H groups in total. The standard InChI is InChI=1S/C15H30N2O2S/c1-3-10-17(20(18,19)11-14-4-5-14)15(12-16)8-6-13(2)7-9-15/h13-14H,3-12,16H2,1-2H3. The molecule has 0 amide bonds. The molecule has 0 spiro atoms. The zero-order chi connectivity index (χ0) is 14.8. The molecular weight excluding hydrogens is 272 g/mol. The highest BCUT2D eigenvalue weighted by atomic mass is 32.2. The Morgan fingerprint density at radius 3 is 2.25 bits per heavy atom. The summed E-state index contributed by atoms with van der Waals surface area (Å²) >= 11 is 0. The van der Waals surface area contributed by atoms with Crippen molar-refractivity contribution in [3.8, 4) is 0 Å². The highest BCUT2D eigenvalue weighted by Gasteiger charge is 2.45. The Balaban J connectivity index is 2.20. The molecule has 0 aromatic rings. The van der Waals surface area contributed by atoms with Crippen molar-refractivity contribution in [3.05, 3.63) is 0 Å². The molecule has 0 saturated heterocycles. The zero-order valence-electron chi connectivity index (χ0n) is 13.0. The van der Waals surface area contributed by atoms with E-state index in [1.165, 1.54) is 0 Å². The summed E-state index contributed by atoms with van der Waals surface area (Å²) in [5.41, 5.74) is 5.74. The van der Waals surface area contributed by atoms with Crippen LogP contribution in [0.3, 0.4) is 0 Å². The summed E-state index contributed by atoms with van der Waals surface area (Å²) in [4.78, 5) is 0. The lowest BCUT2D eigenvalue weighted by atomic mass is 9.77. The maximum atomic E-state index is 12.8. The van der Waals surface area contributed by atoms with Gasteiger partial charge in [-0.2, -0.15) is 4.31 Å². The number of nitrogens with zero attached hydrogens (tertiary/aromatic N) is 1. The Morgan fingerprint density at radius 1 is 1.20 bits per heavy atom. The summed E-state index contributed by atoms with van der Waals surface area (Å²) in [6, 6.07) is 0. The molecular formula is C15H30N2O2S. The molecule has 0 aromatic carbocycles. The molecule has 2 aliphatic rings. The molecule has 0 heterocycles. The van der Waals surface area contributed by atoms with Crippen molar-refractivity contribution in [1.29, 1.82) is 0 Å². The lowest BCUT2D eigenvalue weighted by molar-refractivity contribution is 0.115. The van der Waals surface area contributed by atoms with Crippen molar-refractivity contribution in [1.82, 2.24) is 4.31 Å². The van der Waals surface area contributed by atoms with E-state index in [0.29, 0.717) is 30.7 Å². The summed E-state index contributed by atoms with van der Waals surface area (Å²) < 4.78 is 27.4. The van der Waals surface area contributed by atoms with E-state index in [0.717, 1.165) is 44.9 Å². The van der Waals surface area contributed by atoms with Gasteiger partial charge in [0.1, 0.15) is 0 Å². The van der Waals surface area contributed by atoms with Crippen LogP contribution in [-0.4, -0.2) is 37.1 Å². The third-order valence-electron chi connectivity index (χ3n) is 5.02. The molecule has 0 bridgehead atoms. The van der Waals surface area contributed by atoms with Crippen LogP contribution < -0.4 is 5.73 Å². The summed E-state index contributed by atoms with van der Waals surface area (Å²) in [5.74, 6) is 1.44. The monoisotopic (exact) mass is 302 g/mol. The van der Waals surface area contributed by atoms with E-state index in [2.05, 4.69) is 13.8 Å². The second-order valence-electron chi connectivity index (χ2n) is 6.91. The normalized spacial score (nSPS) is 31.7. The first-order chi connectivity index (χ1) is 9.43. The van der Waals surface area contributed by atoms with Gasteiger partial charge in [-0.1, -0.05) is 13.8 Å². The second kappa shape index (κ2) is 6.32. The first-order valence-corrected chi connectivity index (χ1v) is 9.75. The second-order valence-corrected chi connectivity index (χ2v) is 8.84. The van der Waals surface area contributed by atoms with Crippen LogP contribution in [0.1, 0.15) is 58.8 Å². The first-order valence-electron chi connectivity index (χ1n) is 8.14. The summed E-state index contributed by atoms with van der Waals surface area (Å²) in [7, 11) is -3.16. The Hall–Kier alpha value is -0.130. The van der Waals surface area contributed by atoms with E-state index < -0.39 is 10.0 Å². The number of nitrogens with two attached hydrogens (primary N) is 1. The Labute approximate surface area is 124 Å². The molecule has 0 radical (unpaired) electrons. The average Bonchev–Trinajstić information content (AvgIpc) is 3.21. The van der Waals surface area contributed by atoms with E-state index in [4.69, 9.17) is 5.73 Å². The van der Waals surface area contributed by atoms with Crippen LogP contribution in [0.4, 0.5) is 0 Å². The fourth-order valence-electron chi connectivity index (χ4n) is 3.40. The molecule has 20 heavy (non-hydrogen) atoms. The van der Waals surface area contributed by atoms with Crippen LogP contribution in [0.2, 0.25) is 0 Å². The van der Waals surface area contributed by atoms with Gasteiger partial charge in [0.2, 0.25) is 10.0 Å². The average molecular weight is 302 g/mol. The number of rotatable bonds is 7. The maximum Gasteiger partial charge on any atom is 0.214 e. The number of sulfonamides is 1.